The Morgan fingerprint density at radius 3 is 2.28 bits per heavy atom. The minimum atomic E-state index is -0.104. The van der Waals surface area contributed by atoms with Crippen LogP contribution in [0.25, 0.3) is 0 Å². The summed E-state index contributed by atoms with van der Waals surface area (Å²) in [5.41, 5.74) is 4.68. The average Bonchev–Trinajstić information content (AvgIpc) is 2.55. The molecule has 1 N–H and O–H groups in total. The minimum Gasteiger partial charge on any atom is -0.438 e. The second-order valence-electron chi connectivity index (χ2n) is 6.28. The molecule has 1 heterocycles. The fraction of sp³-hybridized carbons (Fsp3) is 0.450. The van der Waals surface area contributed by atoms with Gasteiger partial charge in [-0.3, -0.25) is 0 Å². The van der Waals surface area contributed by atoms with Crippen molar-refractivity contribution < 1.29 is 9.84 Å². The number of rotatable bonds is 7. The third kappa shape index (κ3) is 4.53. The van der Waals surface area contributed by atoms with Crippen molar-refractivity contribution in [2.45, 2.75) is 47.6 Å². The number of ether oxygens (including phenoxy) is 1. The Kier molecular flexibility index (Phi) is 6.85. The van der Waals surface area contributed by atoms with Crippen molar-refractivity contribution in [3.05, 3.63) is 45.1 Å². The number of hydrogen-bond donors (Lipinski definition) is 1. The molecule has 1 aromatic heterocycles. The van der Waals surface area contributed by atoms with Crippen LogP contribution < -0.4 is 9.64 Å². The maximum absolute atomic E-state index is 10.0. The highest BCUT2D eigenvalue weighted by molar-refractivity contribution is 9.10. The van der Waals surface area contributed by atoms with Crippen molar-refractivity contribution in [1.82, 2.24) is 4.98 Å². The zero-order chi connectivity index (χ0) is 18.6. The average molecular weight is 407 g/mol. The summed E-state index contributed by atoms with van der Waals surface area (Å²) in [6.45, 7) is 12.0. The van der Waals surface area contributed by atoms with Gasteiger partial charge in [-0.1, -0.05) is 22.9 Å². The highest BCUT2D eigenvalue weighted by atomic mass is 79.9. The standard InChI is InChI=1S/C20H27BrN2O2/c1-6-8-23(7-2)18-11-15(5)22-20(17(18)12-24)25-19-13(3)9-16(21)10-14(19)4/h9-11,24H,6-8,12H2,1-5H3. The highest BCUT2D eigenvalue weighted by Crippen LogP contribution is 2.36. The van der Waals surface area contributed by atoms with Gasteiger partial charge in [0.15, 0.2) is 0 Å². The molecular weight excluding hydrogens is 380 g/mol. The molecule has 0 saturated heterocycles. The van der Waals surface area contributed by atoms with E-state index in [0.29, 0.717) is 5.88 Å². The van der Waals surface area contributed by atoms with Gasteiger partial charge in [0.1, 0.15) is 5.75 Å². The van der Waals surface area contributed by atoms with E-state index in [9.17, 15) is 5.11 Å². The number of benzene rings is 1. The fourth-order valence-corrected chi connectivity index (χ4v) is 3.73. The number of halogens is 1. The summed E-state index contributed by atoms with van der Waals surface area (Å²) in [5, 5.41) is 10.0. The van der Waals surface area contributed by atoms with Gasteiger partial charge in [-0.2, -0.15) is 0 Å². The number of nitrogens with zero attached hydrogens (tertiary/aromatic N) is 2. The Labute approximate surface area is 159 Å². The van der Waals surface area contributed by atoms with Crippen molar-refractivity contribution in [3.63, 3.8) is 0 Å². The van der Waals surface area contributed by atoms with Gasteiger partial charge in [-0.15, -0.1) is 0 Å². The number of anilines is 1. The monoisotopic (exact) mass is 406 g/mol. The van der Waals surface area contributed by atoms with E-state index in [1.807, 2.05) is 39.0 Å². The summed E-state index contributed by atoms with van der Waals surface area (Å²) in [7, 11) is 0. The molecule has 0 fully saturated rings. The largest absolute Gasteiger partial charge is 0.438 e. The summed E-state index contributed by atoms with van der Waals surface area (Å²) in [5.74, 6) is 1.28. The molecule has 25 heavy (non-hydrogen) atoms. The number of aromatic nitrogens is 1. The Morgan fingerprint density at radius 2 is 1.76 bits per heavy atom. The van der Waals surface area contributed by atoms with Gasteiger partial charge in [0.25, 0.3) is 0 Å². The van der Waals surface area contributed by atoms with Crippen LogP contribution in [0.3, 0.4) is 0 Å². The lowest BCUT2D eigenvalue weighted by Crippen LogP contribution is -2.25. The van der Waals surface area contributed by atoms with Crippen LogP contribution >= 0.6 is 15.9 Å². The maximum Gasteiger partial charge on any atom is 0.227 e. The molecule has 0 bridgehead atoms. The molecule has 0 radical (unpaired) electrons. The summed E-state index contributed by atoms with van der Waals surface area (Å²) in [6, 6.07) is 6.07. The van der Waals surface area contributed by atoms with Crippen molar-refractivity contribution in [1.29, 1.82) is 0 Å². The van der Waals surface area contributed by atoms with Crippen LogP contribution in [0.15, 0.2) is 22.7 Å². The molecule has 2 rings (SSSR count). The molecule has 0 aliphatic heterocycles. The molecular formula is C20H27BrN2O2. The minimum absolute atomic E-state index is 0.104. The van der Waals surface area contributed by atoms with Gasteiger partial charge in [0.2, 0.25) is 5.88 Å². The fourth-order valence-electron chi connectivity index (χ4n) is 3.04. The van der Waals surface area contributed by atoms with E-state index in [2.05, 4.69) is 39.7 Å². The number of aliphatic hydroxyl groups is 1. The van der Waals surface area contributed by atoms with Gasteiger partial charge in [-0.05, 0) is 63.4 Å². The lowest BCUT2D eigenvalue weighted by Gasteiger charge is -2.26. The van der Waals surface area contributed by atoms with Crippen LogP contribution in [0.2, 0.25) is 0 Å². The molecule has 136 valence electrons. The first-order chi connectivity index (χ1) is 11.9. The third-order valence-electron chi connectivity index (χ3n) is 4.19. The predicted molar refractivity (Wildman–Crippen MR) is 107 cm³/mol. The van der Waals surface area contributed by atoms with Crippen LogP contribution in [0.4, 0.5) is 5.69 Å². The second kappa shape index (κ2) is 8.68. The van der Waals surface area contributed by atoms with Crippen molar-refractivity contribution in [2.24, 2.45) is 0 Å². The van der Waals surface area contributed by atoms with Gasteiger partial charge in [0, 0.05) is 28.9 Å². The molecule has 0 saturated carbocycles. The van der Waals surface area contributed by atoms with E-state index in [4.69, 9.17) is 4.74 Å². The third-order valence-corrected chi connectivity index (χ3v) is 4.65. The Balaban J connectivity index is 2.53. The van der Waals surface area contributed by atoms with E-state index in [1.165, 1.54) is 0 Å². The van der Waals surface area contributed by atoms with Crippen molar-refractivity contribution in [2.75, 3.05) is 18.0 Å². The molecule has 0 aliphatic carbocycles. The first-order valence-electron chi connectivity index (χ1n) is 8.72. The SMILES string of the molecule is CCCN(CC)c1cc(C)nc(Oc2c(C)cc(Br)cc2C)c1CO. The van der Waals surface area contributed by atoms with Crippen LogP contribution in [-0.2, 0) is 6.61 Å². The van der Waals surface area contributed by atoms with Crippen LogP contribution in [0.1, 0.15) is 42.7 Å². The molecule has 4 nitrogen and oxygen atoms in total. The second-order valence-corrected chi connectivity index (χ2v) is 7.19. The molecule has 0 spiro atoms. The van der Waals surface area contributed by atoms with Crippen molar-refractivity contribution >= 4 is 21.6 Å². The van der Waals surface area contributed by atoms with E-state index in [-0.39, 0.29) is 6.61 Å². The highest BCUT2D eigenvalue weighted by Gasteiger charge is 2.18. The normalized spacial score (nSPS) is 10.8. The predicted octanol–water partition coefficient (Wildman–Crippen LogP) is 5.29. The zero-order valence-corrected chi connectivity index (χ0v) is 17.3. The lowest BCUT2D eigenvalue weighted by atomic mass is 10.1. The van der Waals surface area contributed by atoms with Crippen LogP contribution in [0.5, 0.6) is 11.6 Å². The van der Waals surface area contributed by atoms with Crippen LogP contribution in [-0.4, -0.2) is 23.2 Å². The summed E-state index contributed by atoms with van der Waals surface area (Å²) < 4.78 is 7.22. The maximum atomic E-state index is 10.0. The summed E-state index contributed by atoms with van der Waals surface area (Å²) >= 11 is 3.51. The number of hydrogen-bond acceptors (Lipinski definition) is 4. The van der Waals surface area contributed by atoms with Crippen molar-refractivity contribution in [3.8, 4) is 11.6 Å². The number of aryl methyl sites for hydroxylation is 3. The number of pyridine rings is 1. The Hall–Kier alpha value is -1.59. The smallest absolute Gasteiger partial charge is 0.227 e. The van der Waals surface area contributed by atoms with E-state index >= 15 is 0 Å². The first kappa shape index (κ1) is 19.7. The molecule has 1 aromatic carbocycles. The Bertz CT molecular complexity index is 724. The summed E-state index contributed by atoms with van der Waals surface area (Å²) in [4.78, 5) is 6.82. The summed E-state index contributed by atoms with van der Waals surface area (Å²) in [6.07, 6.45) is 1.04. The van der Waals surface area contributed by atoms with Gasteiger partial charge < -0.3 is 14.7 Å². The molecule has 0 aliphatic rings. The van der Waals surface area contributed by atoms with E-state index in [0.717, 1.165) is 57.8 Å². The van der Waals surface area contributed by atoms with E-state index in [1.54, 1.807) is 0 Å². The van der Waals surface area contributed by atoms with Gasteiger partial charge >= 0.3 is 0 Å². The van der Waals surface area contributed by atoms with Gasteiger partial charge in [0.05, 0.1) is 12.2 Å². The molecule has 0 atom stereocenters. The lowest BCUT2D eigenvalue weighted by molar-refractivity contribution is 0.275. The van der Waals surface area contributed by atoms with E-state index < -0.39 is 0 Å². The van der Waals surface area contributed by atoms with Crippen LogP contribution in [0, 0.1) is 20.8 Å². The number of aliphatic hydroxyl groups excluding tert-OH is 1. The molecule has 0 amide bonds. The molecule has 5 heteroatoms. The molecule has 0 unspecified atom stereocenters. The van der Waals surface area contributed by atoms with Gasteiger partial charge in [-0.25, -0.2) is 4.98 Å². The topological polar surface area (TPSA) is 45.6 Å². The quantitative estimate of drug-likeness (QED) is 0.678. The molecule has 2 aromatic rings. The zero-order valence-electron chi connectivity index (χ0n) is 15.7. The first-order valence-corrected chi connectivity index (χ1v) is 9.51. The Morgan fingerprint density at radius 1 is 1.12 bits per heavy atom.